The summed E-state index contributed by atoms with van der Waals surface area (Å²) in [6.45, 7) is 0. The van der Waals surface area contributed by atoms with Gasteiger partial charge >= 0.3 is 5.97 Å². The molecule has 3 heterocycles. The minimum absolute atomic E-state index is 0.270. The minimum atomic E-state index is -0.624. The molecular formula is C25H21ClN4O4. The number of carbonyl (C=O) groups is 2. The van der Waals surface area contributed by atoms with Crippen molar-refractivity contribution >= 4 is 45.8 Å². The predicted octanol–water partition coefficient (Wildman–Crippen LogP) is 4.14. The average Bonchev–Trinajstić information content (AvgIpc) is 3.44. The van der Waals surface area contributed by atoms with Gasteiger partial charge in [-0.2, -0.15) is 0 Å². The Hall–Kier alpha value is -4.04. The normalized spacial score (nSPS) is 14.7. The van der Waals surface area contributed by atoms with Crippen LogP contribution in [-0.2, 0) is 16.0 Å². The van der Waals surface area contributed by atoms with Gasteiger partial charge in [0.05, 0.1) is 7.11 Å². The lowest BCUT2D eigenvalue weighted by Gasteiger charge is -2.16. The maximum atomic E-state index is 13.1. The highest BCUT2D eigenvalue weighted by atomic mass is 35.5. The van der Waals surface area contributed by atoms with Crippen molar-refractivity contribution < 1.29 is 14.3 Å². The minimum Gasteiger partial charge on any atom is -0.464 e. The summed E-state index contributed by atoms with van der Waals surface area (Å²) in [5.74, 6) is -0.749. The first kappa shape index (κ1) is 21.8. The number of nitrogens with two attached hydrogens (primary N) is 1. The molecule has 172 valence electrons. The summed E-state index contributed by atoms with van der Waals surface area (Å²) < 4.78 is 6.27. The van der Waals surface area contributed by atoms with Crippen molar-refractivity contribution in [2.24, 2.45) is 0 Å². The Balaban J connectivity index is 1.41. The van der Waals surface area contributed by atoms with Crippen LogP contribution in [0.15, 0.2) is 59.4 Å². The Morgan fingerprint density at radius 2 is 1.97 bits per heavy atom. The molecule has 1 aliphatic heterocycles. The van der Waals surface area contributed by atoms with E-state index in [9.17, 15) is 14.4 Å². The number of esters is 1. The third-order valence-electron chi connectivity index (χ3n) is 6.06. The van der Waals surface area contributed by atoms with Gasteiger partial charge in [-0.1, -0.05) is 11.6 Å². The molecule has 2 aromatic heterocycles. The predicted molar refractivity (Wildman–Crippen MR) is 131 cm³/mol. The number of hydrogen-bond acceptors (Lipinski definition) is 5. The van der Waals surface area contributed by atoms with Crippen molar-refractivity contribution in [1.82, 2.24) is 9.55 Å². The number of aromatic nitrogens is 2. The Morgan fingerprint density at radius 1 is 1.15 bits per heavy atom. The highest BCUT2D eigenvalue weighted by Gasteiger charge is 2.30. The zero-order valence-corrected chi connectivity index (χ0v) is 19.0. The molecule has 1 atom stereocenters. The number of pyridine rings is 1. The zero-order valence-electron chi connectivity index (χ0n) is 18.2. The van der Waals surface area contributed by atoms with Gasteiger partial charge < -0.3 is 25.3 Å². The van der Waals surface area contributed by atoms with E-state index in [4.69, 9.17) is 22.1 Å². The van der Waals surface area contributed by atoms with E-state index in [-0.39, 0.29) is 11.5 Å². The number of anilines is 2. The standard InChI is InChI=1S/C25H21ClN4O4/c1-34-25(33)21-10-14-8-16(3-6-20(14)29-21)28-24(32)22-7-4-17-9-13(11-23(31)30(17)22)18-12-15(26)2-5-19(18)27/h2-3,5-6,8-12,22,29H,4,7,27H2,1H3,(H,28,32)/t22-/m0/s1. The summed E-state index contributed by atoms with van der Waals surface area (Å²) in [4.78, 5) is 40.8. The lowest BCUT2D eigenvalue weighted by Crippen LogP contribution is -2.31. The van der Waals surface area contributed by atoms with Crippen molar-refractivity contribution in [2.75, 3.05) is 18.2 Å². The molecule has 8 nitrogen and oxygen atoms in total. The van der Waals surface area contributed by atoms with E-state index in [0.29, 0.717) is 46.1 Å². The quantitative estimate of drug-likeness (QED) is 0.302. The molecule has 1 aliphatic rings. The summed E-state index contributed by atoms with van der Waals surface area (Å²) >= 11 is 6.11. The highest BCUT2D eigenvalue weighted by molar-refractivity contribution is 6.31. The molecule has 5 rings (SSSR count). The fraction of sp³-hybridized carbons (Fsp3) is 0.160. The summed E-state index contributed by atoms with van der Waals surface area (Å²) in [5.41, 5.74) is 10.1. The van der Waals surface area contributed by atoms with Crippen molar-refractivity contribution in [1.29, 1.82) is 0 Å². The van der Waals surface area contributed by atoms with E-state index in [0.717, 1.165) is 16.6 Å². The Morgan fingerprint density at radius 3 is 2.76 bits per heavy atom. The fourth-order valence-corrected chi connectivity index (χ4v) is 4.61. The van der Waals surface area contributed by atoms with Crippen LogP contribution in [0.2, 0.25) is 5.02 Å². The highest BCUT2D eigenvalue weighted by Crippen LogP contribution is 2.32. The number of aryl methyl sites for hydroxylation is 1. The third kappa shape index (κ3) is 3.82. The number of nitrogens with zero attached hydrogens (tertiary/aromatic N) is 1. The summed E-state index contributed by atoms with van der Waals surface area (Å²) in [6.07, 6.45) is 1.09. The van der Waals surface area contributed by atoms with Gasteiger partial charge in [-0.25, -0.2) is 4.79 Å². The number of benzene rings is 2. The van der Waals surface area contributed by atoms with Crippen LogP contribution in [0.4, 0.5) is 11.4 Å². The molecule has 0 radical (unpaired) electrons. The molecule has 1 amide bonds. The number of nitrogens with one attached hydrogen (secondary N) is 2. The zero-order chi connectivity index (χ0) is 24.0. The molecule has 0 fully saturated rings. The summed E-state index contributed by atoms with van der Waals surface area (Å²) in [7, 11) is 1.31. The Bertz CT molecular complexity index is 1520. The number of methoxy groups -OCH3 is 1. The summed E-state index contributed by atoms with van der Waals surface area (Å²) in [6, 6.07) is 14.8. The van der Waals surface area contributed by atoms with Gasteiger partial charge in [0, 0.05) is 44.6 Å². The Labute approximate surface area is 199 Å². The number of nitrogen functional groups attached to an aromatic ring is 1. The number of carbonyl (C=O) groups excluding carboxylic acids is 2. The number of halogens is 1. The molecule has 4 aromatic rings. The van der Waals surface area contributed by atoms with Crippen molar-refractivity contribution in [3.05, 3.63) is 81.4 Å². The van der Waals surface area contributed by atoms with Crippen molar-refractivity contribution in [3.63, 3.8) is 0 Å². The lowest BCUT2D eigenvalue weighted by atomic mass is 10.0. The largest absolute Gasteiger partial charge is 0.464 e. The molecule has 9 heteroatoms. The van der Waals surface area contributed by atoms with E-state index >= 15 is 0 Å². The fourth-order valence-electron chi connectivity index (χ4n) is 4.43. The topological polar surface area (TPSA) is 119 Å². The number of ether oxygens (including phenoxy) is 1. The number of amides is 1. The number of fused-ring (bicyclic) bond motifs is 2. The van der Waals surface area contributed by atoms with E-state index < -0.39 is 12.0 Å². The molecule has 0 saturated heterocycles. The van der Waals surface area contributed by atoms with Gasteiger partial charge in [-0.15, -0.1) is 0 Å². The first-order valence-corrected chi connectivity index (χ1v) is 11.0. The van der Waals surface area contributed by atoms with E-state index in [1.807, 2.05) is 6.07 Å². The second-order valence-corrected chi connectivity index (χ2v) is 8.63. The van der Waals surface area contributed by atoms with Gasteiger partial charge in [-0.3, -0.25) is 9.59 Å². The van der Waals surface area contributed by atoms with E-state index in [1.165, 1.54) is 17.7 Å². The van der Waals surface area contributed by atoms with Gasteiger partial charge in [0.2, 0.25) is 5.91 Å². The number of hydrogen-bond donors (Lipinski definition) is 3. The van der Waals surface area contributed by atoms with Crippen molar-refractivity contribution in [2.45, 2.75) is 18.9 Å². The van der Waals surface area contributed by atoms with Gasteiger partial charge in [0.15, 0.2) is 0 Å². The molecule has 0 spiro atoms. The van der Waals surface area contributed by atoms with Crippen LogP contribution in [0.5, 0.6) is 0 Å². The maximum Gasteiger partial charge on any atom is 0.354 e. The molecule has 4 N–H and O–H groups in total. The summed E-state index contributed by atoms with van der Waals surface area (Å²) in [5, 5.41) is 4.18. The number of H-pyrrole nitrogens is 1. The second-order valence-electron chi connectivity index (χ2n) is 8.20. The molecule has 0 aliphatic carbocycles. The molecular weight excluding hydrogens is 456 g/mol. The van der Waals surface area contributed by atoms with Crippen LogP contribution in [0.3, 0.4) is 0 Å². The van der Waals surface area contributed by atoms with Crippen LogP contribution in [0.25, 0.3) is 22.0 Å². The van der Waals surface area contributed by atoms with Gasteiger partial charge in [0.1, 0.15) is 11.7 Å². The van der Waals surface area contributed by atoms with E-state index in [2.05, 4.69) is 10.3 Å². The van der Waals surface area contributed by atoms with Crippen LogP contribution >= 0.6 is 11.6 Å². The van der Waals surface area contributed by atoms with E-state index in [1.54, 1.807) is 42.5 Å². The van der Waals surface area contributed by atoms with Crippen LogP contribution in [0.1, 0.15) is 28.6 Å². The van der Waals surface area contributed by atoms with Crippen LogP contribution in [-0.4, -0.2) is 28.5 Å². The van der Waals surface area contributed by atoms with Crippen LogP contribution in [0, 0.1) is 0 Å². The average molecular weight is 477 g/mol. The van der Waals surface area contributed by atoms with Crippen molar-refractivity contribution in [3.8, 4) is 11.1 Å². The number of rotatable bonds is 4. The first-order chi connectivity index (χ1) is 16.3. The number of aromatic amines is 1. The second kappa shape index (κ2) is 8.39. The van der Waals surface area contributed by atoms with Gasteiger partial charge in [-0.05, 0) is 66.9 Å². The lowest BCUT2D eigenvalue weighted by molar-refractivity contribution is -0.119. The molecule has 0 unspecified atom stereocenters. The SMILES string of the molecule is COC(=O)c1cc2cc(NC(=O)[C@@H]3CCc4cc(-c5cc(Cl)ccc5N)cc(=O)n43)ccc2[nH]1. The monoisotopic (exact) mass is 476 g/mol. The van der Waals surface area contributed by atoms with Crippen LogP contribution < -0.4 is 16.6 Å². The first-order valence-electron chi connectivity index (χ1n) is 10.7. The van der Waals surface area contributed by atoms with Gasteiger partial charge in [0.25, 0.3) is 5.56 Å². The molecule has 2 aromatic carbocycles. The third-order valence-corrected chi connectivity index (χ3v) is 6.29. The molecule has 0 saturated carbocycles. The Kier molecular flexibility index (Phi) is 5.37. The molecule has 34 heavy (non-hydrogen) atoms. The smallest absolute Gasteiger partial charge is 0.354 e. The maximum absolute atomic E-state index is 13.1. The molecule has 0 bridgehead atoms.